The lowest BCUT2D eigenvalue weighted by molar-refractivity contribution is -0.131. The van der Waals surface area contributed by atoms with Crippen LogP contribution in [0.3, 0.4) is 0 Å². The van der Waals surface area contributed by atoms with E-state index in [0.717, 1.165) is 17.2 Å². The van der Waals surface area contributed by atoms with Crippen LogP contribution in [0.4, 0.5) is 0 Å². The van der Waals surface area contributed by atoms with Gasteiger partial charge in [0, 0.05) is 11.1 Å². The first-order valence-corrected chi connectivity index (χ1v) is 4.14. The Morgan fingerprint density at radius 3 is 2.77 bits per heavy atom. The molecule has 0 aliphatic carbocycles. The zero-order valence-electron chi connectivity index (χ0n) is 7.12. The number of hydrogen-bond acceptors (Lipinski definition) is 1. The fraction of sp³-hybridized carbons (Fsp3) is 0.100. The van der Waals surface area contributed by atoms with E-state index in [2.05, 4.69) is 0 Å². The van der Waals surface area contributed by atoms with Crippen LogP contribution < -0.4 is 0 Å². The van der Waals surface area contributed by atoms with Gasteiger partial charge in [0.15, 0.2) is 0 Å². The molecule has 13 heavy (non-hydrogen) atoms. The van der Waals surface area contributed by atoms with Crippen molar-refractivity contribution < 1.29 is 9.90 Å². The Hall–Kier alpha value is -1.28. The van der Waals surface area contributed by atoms with Crippen LogP contribution in [0.25, 0.3) is 6.08 Å². The summed E-state index contributed by atoms with van der Waals surface area (Å²) in [5.74, 6) is -0.961. The van der Waals surface area contributed by atoms with E-state index in [0.29, 0.717) is 5.02 Å². The predicted octanol–water partition coefficient (Wildman–Crippen LogP) is 2.75. The van der Waals surface area contributed by atoms with Crippen LogP contribution in [0.2, 0.25) is 5.02 Å². The van der Waals surface area contributed by atoms with E-state index in [-0.39, 0.29) is 0 Å². The van der Waals surface area contributed by atoms with Crippen molar-refractivity contribution in [1.29, 1.82) is 0 Å². The third kappa shape index (κ3) is 2.92. The Morgan fingerprint density at radius 1 is 1.54 bits per heavy atom. The zero-order valence-corrected chi connectivity index (χ0v) is 7.88. The molecule has 0 fully saturated rings. The maximum Gasteiger partial charge on any atom is 0.328 e. The molecule has 0 atom stereocenters. The summed E-state index contributed by atoms with van der Waals surface area (Å²) in [7, 11) is 0. The van der Waals surface area contributed by atoms with Crippen molar-refractivity contribution in [1.82, 2.24) is 0 Å². The van der Waals surface area contributed by atoms with Crippen LogP contribution in [0.1, 0.15) is 11.1 Å². The van der Waals surface area contributed by atoms with E-state index in [1.165, 1.54) is 6.08 Å². The molecule has 0 bridgehead atoms. The molecule has 1 aromatic rings. The SMILES string of the molecule is Cc1ccc(C=CC(=O)O)cc1Cl. The first kappa shape index (κ1) is 9.81. The van der Waals surface area contributed by atoms with Gasteiger partial charge in [0.05, 0.1) is 0 Å². The average Bonchev–Trinajstić information content (AvgIpc) is 2.07. The molecule has 68 valence electrons. The summed E-state index contributed by atoms with van der Waals surface area (Å²) in [5, 5.41) is 9.02. The second-order valence-electron chi connectivity index (χ2n) is 2.68. The maximum absolute atomic E-state index is 10.2. The second kappa shape index (κ2) is 4.10. The molecular formula is C10H9ClO2. The number of carboxylic acids is 1. The van der Waals surface area contributed by atoms with Crippen LogP contribution in [-0.2, 0) is 4.79 Å². The predicted molar refractivity (Wildman–Crippen MR) is 52.9 cm³/mol. The smallest absolute Gasteiger partial charge is 0.328 e. The van der Waals surface area contributed by atoms with E-state index in [9.17, 15) is 4.79 Å². The molecule has 0 aliphatic heterocycles. The molecule has 1 rings (SSSR count). The third-order valence-electron chi connectivity index (χ3n) is 1.61. The normalized spacial score (nSPS) is 10.6. The highest BCUT2D eigenvalue weighted by molar-refractivity contribution is 6.31. The monoisotopic (exact) mass is 196 g/mol. The Balaban J connectivity index is 2.92. The average molecular weight is 197 g/mol. The van der Waals surface area contributed by atoms with Gasteiger partial charge in [0.2, 0.25) is 0 Å². The lowest BCUT2D eigenvalue weighted by Gasteiger charge is -1.97. The summed E-state index contributed by atoms with van der Waals surface area (Å²) in [4.78, 5) is 10.2. The Bertz CT molecular complexity index is 356. The van der Waals surface area contributed by atoms with Crippen molar-refractivity contribution in [2.75, 3.05) is 0 Å². The number of carboxylic acid groups (broad SMARTS) is 1. The molecule has 0 heterocycles. The number of aryl methyl sites for hydroxylation is 1. The van der Waals surface area contributed by atoms with Crippen molar-refractivity contribution in [2.45, 2.75) is 6.92 Å². The minimum absolute atomic E-state index is 0.646. The van der Waals surface area contributed by atoms with Crippen LogP contribution in [-0.4, -0.2) is 11.1 Å². The number of halogens is 1. The molecule has 0 radical (unpaired) electrons. The lowest BCUT2D eigenvalue weighted by Crippen LogP contribution is -1.85. The number of rotatable bonds is 2. The van der Waals surface area contributed by atoms with Crippen molar-refractivity contribution in [3.8, 4) is 0 Å². The molecule has 0 aromatic heterocycles. The van der Waals surface area contributed by atoms with E-state index >= 15 is 0 Å². The van der Waals surface area contributed by atoms with Crippen molar-refractivity contribution >= 4 is 23.6 Å². The van der Waals surface area contributed by atoms with Gasteiger partial charge < -0.3 is 5.11 Å². The largest absolute Gasteiger partial charge is 0.478 e. The van der Waals surface area contributed by atoms with E-state index in [1.54, 1.807) is 6.07 Å². The molecule has 0 saturated heterocycles. The van der Waals surface area contributed by atoms with Crippen LogP contribution >= 0.6 is 11.6 Å². The molecule has 0 saturated carbocycles. The molecule has 0 unspecified atom stereocenters. The molecule has 1 aromatic carbocycles. The topological polar surface area (TPSA) is 37.3 Å². The van der Waals surface area contributed by atoms with Crippen LogP contribution in [0.5, 0.6) is 0 Å². The number of aliphatic carboxylic acids is 1. The summed E-state index contributed by atoms with van der Waals surface area (Å²) in [6.45, 7) is 1.90. The maximum atomic E-state index is 10.2. The fourth-order valence-electron chi connectivity index (χ4n) is 0.880. The summed E-state index contributed by atoms with van der Waals surface area (Å²) in [6.07, 6.45) is 2.59. The minimum Gasteiger partial charge on any atom is -0.478 e. The van der Waals surface area contributed by atoms with Gasteiger partial charge in [-0.15, -0.1) is 0 Å². The third-order valence-corrected chi connectivity index (χ3v) is 2.02. The summed E-state index contributed by atoms with van der Waals surface area (Å²) < 4.78 is 0. The van der Waals surface area contributed by atoms with E-state index in [4.69, 9.17) is 16.7 Å². The van der Waals surface area contributed by atoms with Gasteiger partial charge in [-0.25, -0.2) is 4.79 Å². The lowest BCUT2D eigenvalue weighted by atomic mass is 10.1. The highest BCUT2D eigenvalue weighted by Gasteiger charge is 1.95. The Kier molecular flexibility index (Phi) is 3.09. The Morgan fingerprint density at radius 2 is 2.23 bits per heavy atom. The molecule has 0 aliphatic rings. The van der Waals surface area contributed by atoms with Crippen LogP contribution in [0.15, 0.2) is 24.3 Å². The van der Waals surface area contributed by atoms with Crippen LogP contribution in [0, 0.1) is 6.92 Å². The first-order chi connectivity index (χ1) is 6.09. The molecular weight excluding hydrogens is 188 g/mol. The summed E-state index contributed by atoms with van der Waals surface area (Å²) in [6, 6.07) is 5.40. The van der Waals surface area contributed by atoms with Gasteiger partial charge in [-0.1, -0.05) is 23.7 Å². The highest BCUT2D eigenvalue weighted by Crippen LogP contribution is 2.17. The van der Waals surface area contributed by atoms with Crippen molar-refractivity contribution in [3.05, 3.63) is 40.4 Å². The summed E-state index contributed by atoms with van der Waals surface area (Å²) in [5.41, 5.74) is 1.77. The summed E-state index contributed by atoms with van der Waals surface area (Å²) >= 11 is 5.85. The Labute approximate surface area is 81.5 Å². The molecule has 2 nitrogen and oxygen atoms in total. The van der Waals surface area contributed by atoms with E-state index < -0.39 is 5.97 Å². The molecule has 3 heteroatoms. The minimum atomic E-state index is -0.961. The zero-order chi connectivity index (χ0) is 9.84. The molecule has 1 N–H and O–H groups in total. The van der Waals surface area contributed by atoms with E-state index in [1.807, 2.05) is 19.1 Å². The fourth-order valence-corrected chi connectivity index (χ4v) is 1.07. The van der Waals surface area contributed by atoms with Gasteiger partial charge in [-0.3, -0.25) is 0 Å². The standard InChI is InChI=1S/C10H9ClO2/c1-7-2-3-8(6-9(7)11)4-5-10(12)13/h2-6H,1H3,(H,12,13). The van der Waals surface area contributed by atoms with Gasteiger partial charge in [0.1, 0.15) is 0 Å². The van der Waals surface area contributed by atoms with Crippen molar-refractivity contribution in [3.63, 3.8) is 0 Å². The van der Waals surface area contributed by atoms with Gasteiger partial charge in [-0.2, -0.15) is 0 Å². The second-order valence-corrected chi connectivity index (χ2v) is 3.09. The quantitative estimate of drug-likeness (QED) is 0.739. The first-order valence-electron chi connectivity index (χ1n) is 3.77. The number of benzene rings is 1. The molecule has 0 spiro atoms. The van der Waals surface area contributed by atoms with Gasteiger partial charge in [0.25, 0.3) is 0 Å². The number of hydrogen-bond donors (Lipinski definition) is 1. The molecule has 0 amide bonds. The van der Waals surface area contributed by atoms with Gasteiger partial charge >= 0.3 is 5.97 Å². The highest BCUT2D eigenvalue weighted by atomic mass is 35.5. The van der Waals surface area contributed by atoms with Gasteiger partial charge in [-0.05, 0) is 30.2 Å². The van der Waals surface area contributed by atoms with Crippen molar-refractivity contribution in [2.24, 2.45) is 0 Å². The number of carbonyl (C=O) groups is 1.